The second-order valence-electron chi connectivity index (χ2n) is 5.16. The summed E-state index contributed by atoms with van der Waals surface area (Å²) in [4.78, 5) is 0. The summed E-state index contributed by atoms with van der Waals surface area (Å²) in [5.41, 5.74) is 1.15. The van der Waals surface area contributed by atoms with Gasteiger partial charge in [-0.2, -0.15) is 5.10 Å². The Hall–Kier alpha value is -0.830. The SMILES string of the molecule is CCCCCCn1ccc(CNCC(C)C)n1. The molecule has 1 aromatic heterocycles. The summed E-state index contributed by atoms with van der Waals surface area (Å²) < 4.78 is 2.07. The lowest BCUT2D eigenvalue weighted by Crippen LogP contribution is -2.19. The minimum atomic E-state index is 0.700. The van der Waals surface area contributed by atoms with Crippen molar-refractivity contribution >= 4 is 0 Å². The molecular weight excluding hydrogens is 210 g/mol. The molecule has 3 nitrogen and oxygen atoms in total. The van der Waals surface area contributed by atoms with Gasteiger partial charge < -0.3 is 5.32 Å². The number of hydrogen-bond donors (Lipinski definition) is 1. The molecule has 0 bridgehead atoms. The first-order chi connectivity index (χ1) is 8.22. The molecule has 0 saturated heterocycles. The fourth-order valence-corrected chi connectivity index (χ4v) is 1.81. The van der Waals surface area contributed by atoms with Crippen molar-refractivity contribution in [1.29, 1.82) is 0 Å². The lowest BCUT2D eigenvalue weighted by Gasteiger charge is -2.05. The van der Waals surface area contributed by atoms with Crippen LogP contribution in [-0.2, 0) is 13.1 Å². The third-order valence-electron chi connectivity index (χ3n) is 2.80. The van der Waals surface area contributed by atoms with Crippen LogP contribution in [0.25, 0.3) is 0 Å². The summed E-state index contributed by atoms with van der Waals surface area (Å²) in [6.07, 6.45) is 7.29. The molecule has 0 spiro atoms. The minimum absolute atomic E-state index is 0.700. The second kappa shape index (κ2) is 8.29. The van der Waals surface area contributed by atoms with Crippen LogP contribution in [0.5, 0.6) is 0 Å². The van der Waals surface area contributed by atoms with Gasteiger partial charge in [0.05, 0.1) is 5.69 Å². The van der Waals surface area contributed by atoms with Crippen molar-refractivity contribution in [3.8, 4) is 0 Å². The number of rotatable bonds is 9. The van der Waals surface area contributed by atoms with Gasteiger partial charge in [-0.25, -0.2) is 0 Å². The zero-order valence-corrected chi connectivity index (χ0v) is 11.6. The van der Waals surface area contributed by atoms with Crippen molar-refractivity contribution in [3.05, 3.63) is 18.0 Å². The van der Waals surface area contributed by atoms with E-state index in [0.29, 0.717) is 5.92 Å². The lowest BCUT2D eigenvalue weighted by molar-refractivity contribution is 0.521. The Morgan fingerprint density at radius 2 is 2.12 bits per heavy atom. The molecule has 0 fully saturated rings. The van der Waals surface area contributed by atoms with Crippen molar-refractivity contribution in [1.82, 2.24) is 15.1 Å². The van der Waals surface area contributed by atoms with Crippen LogP contribution in [0.3, 0.4) is 0 Å². The smallest absolute Gasteiger partial charge is 0.0762 e. The number of unbranched alkanes of at least 4 members (excludes halogenated alkanes) is 3. The second-order valence-corrected chi connectivity index (χ2v) is 5.16. The normalized spacial score (nSPS) is 11.3. The highest BCUT2D eigenvalue weighted by Gasteiger charge is 1.99. The van der Waals surface area contributed by atoms with Crippen LogP contribution in [-0.4, -0.2) is 16.3 Å². The van der Waals surface area contributed by atoms with E-state index in [4.69, 9.17) is 0 Å². The van der Waals surface area contributed by atoms with Crippen LogP contribution < -0.4 is 5.32 Å². The molecule has 0 amide bonds. The van der Waals surface area contributed by atoms with Gasteiger partial charge in [-0.05, 0) is 24.9 Å². The molecule has 98 valence electrons. The maximum absolute atomic E-state index is 4.56. The zero-order chi connectivity index (χ0) is 12.5. The molecule has 0 radical (unpaired) electrons. The van der Waals surface area contributed by atoms with Crippen LogP contribution in [0.2, 0.25) is 0 Å². The molecule has 0 saturated carbocycles. The molecular formula is C14H27N3. The Morgan fingerprint density at radius 1 is 1.29 bits per heavy atom. The fraction of sp³-hybridized carbons (Fsp3) is 0.786. The maximum atomic E-state index is 4.56. The van der Waals surface area contributed by atoms with E-state index in [1.165, 1.54) is 25.7 Å². The summed E-state index contributed by atoms with van der Waals surface area (Å²) in [6.45, 7) is 9.69. The molecule has 0 aromatic carbocycles. The minimum Gasteiger partial charge on any atom is -0.311 e. The third-order valence-corrected chi connectivity index (χ3v) is 2.80. The van der Waals surface area contributed by atoms with E-state index in [-0.39, 0.29) is 0 Å². The number of hydrogen-bond acceptors (Lipinski definition) is 2. The van der Waals surface area contributed by atoms with Gasteiger partial charge in [0.2, 0.25) is 0 Å². The fourth-order valence-electron chi connectivity index (χ4n) is 1.81. The summed E-state index contributed by atoms with van der Waals surface area (Å²) in [5, 5.41) is 7.97. The topological polar surface area (TPSA) is 29.9 Å². The standard InChI is InChI=1S/C14H27N3/c1-4-5-6-7-9-17-10-8-14(16-17)12-15-11-13(2)3/h8,10,13,15H,4-7,9,11-12H2,1-3H3. The van der Waals surface area contributed by atoms with Gasteiger partial charge in [0.15, 0.2) is 0 Å². The van der Waals surface area contributed by atoms with Gasteiger partial charge in [-0.15, -0.1) is 0 Å². The van der Waals surface area contributed by atoms with E-state index in [9.17, 15) is 0 Å². The summed E-state index contributed by atoms with van der Waals surface area (Å²) in [6, 6.07) is 2.12. The maximum Gasteiger partial charge on any atom is 0.0762 e. The monoisotopic (exact) mass is 237 g/mol. The number of nitrogens with zero attached hydrogens (tertiary/aromatic N) is 2. The highest BCUT2D eigenvalue weighted by atomic mass is 15.3. The van der Waals surface area contributed by atoms with Gasteiger partial charge in [-0.1, -0.05) is 40.0 Å². The summed E-state index contributed by atoms with van der Waals surface area (Å²) in [5.74, 6) is 0.700. The van der Waals surface area contributed by atoms with Gasteiger partial charge >= 0.3 is 0 Å². The van der Waals surface area contributed by atoms with Crippen molar-refractivity contribution in [2.45, 2.75) is 59.5 Å². The number of nitrogens with one attached hydrogen (secondary N) is 1. The summed E-state index contributed by atoms with van der Waals surface area (Å²) >= 11 is 0. The van der Waals surface area contributed by atoms with Crippen LogP contribution in [0.15, 0.2) is 12.3 Å². The Morgan fingerprint density at radius 3 is 2.82 bits per heavy atom. The van der Waals surface area contributed by atoms with Crippen molar-refractivity contribution in [3.63, 3.8) is 0 Å². The molecule has 0 aliphatic heterocycles. The predicted molar refractivity (Wildman–Crippen MR) is 72.9 cm³/mol. The van der Waals surface area contributed by atoms with E-state index >= 15 is 0 Å². The molecule has 0 aliphatic carbocycles. The molecule has 1 rings (SSSR count). The van der Waals surface area contributed by atoms with Crippen molar-refractivity contribution in [2.75, 3.05) is 6.54 Å². The van der Waals surface area contributed by atoms with Crippen LogP contribution >= 0.6 is 0 Å². The molecule has 0 unspecified atom stereocenters. The van der Waals surface area contributed by atoms with Gasteiger partial charge in [0, 0.05) is 19.3 Å². The highest BCUT2D eigenvalue weighted by molar-refractivity contribution is 4.98. The first-order valence-electron chi connectivity index (χ1n) is 6.95. The quantitative estimate of drug-likeness (QED) is 0.668. The van der Waals surface area contributed by atoms with Gasteiger partial charge in [0.1, 0.15) is 0 Å². The van der Waals surface area contributed by atoms with Crippen LogP contribution in [0.4, 0.5) is 0 Å². The average Bonchev–Trinajstić information content (AvgIpc) is 2.72. The Bertz CT molecular complexity index is 291. The lowest BCUT2D eigenvalue weighted by atomic mass is 10.2. The molecule has 1 N–H and O–H groups in total. The Kier molecular flexibility index (Phi) is 6.94. The molecule has 0 atom stereocenters. The van der Waals surface area contributed by atoms with E-state index < -0.39 is 0 Å². The molecule has 0 aliphatic rings. The van der Waals surface area contributed by atoms with Crippen LogP contribution in [0.1, 0.15) is 52.1 Å². The average molecular weight is 237 g/mol. The Balaban J connectivity index is 2.18. The number of aromatic nitrogens is 2. The van der Waals surface area contributed by atoms with Gasteiger partial charge in [0.25, 0.3) is 0 Å². The predicted octanol–water partition coefficient (Wildman–Crippen LogP) is 3.21. The zero-order valence-electron chi connectivity index (χ0n) is 11.6. The van der Waals surface area contributed by atoms with E-state index in [1.54, 1.807) is 0 Å². The Labute approximate surface area is 106 Å². The van der Waals surface area contributed by atoms with Crippen molar-refractivity contribution < 1.29 is 0 Å². The highest BCUT2D eigenvalue weighted by Crippen LogP contribution is 2.02. The first-order valence-corrected chi connectivity index (χ1v) is 6.95. The first kappa shape index (κ1) is 14.2. The van der Waals surface area contributed by atoms with Crippen LogP contribution in [0, 0.1) is 5.92 Å². The molecule has 17 heavy (non-hydrogen) atoms. The molecule has 1 aromatic rings. The molecule has 1 heterocycles. The van der Waals surface area contributed by atoms with Gasteiger partial charge in [-0.3, -0.25) is 4.68 Å². The van der Waals surface area contributed by atoms with Crippen molar-refractivity contribution in [2.24, 2.45) is 5.92 Å². The van der Waals surface area contributed by atoms with E-state index in [0.717, 1.165) is 25.3 Å². The summed E-state index contributed by atoms with van der Waals surface area (Å²) in [7, 11) is 0. The van der Waals surface area contributed by atoms with E-state index in [1.807, 2.05) is 0 Å². The van der Waals surface area contributed by atoms with E-state index in [2.05, 4.69) is 48.1 Å². The number of aryl methyl sites for hydroxylation is 1. The third kappa shape index (κ3) is 6.47. The largest absolute Gasteiger partial charge is 0.311 e. The molecule has 3 heteroatoms.